The van der Waals surface area contributed by atoms with Crippen LogP contribution in [0, 0.1) is 5.92 Å². The Morgan fingerprint density at radius 3 is 2.78 bits per heavy atom. The summed E-state index contributed by atoms with van der Waals surface area (Å²) in [6, 6.07) is 0. The molecular weight excluding hydrogens is 230 g/mol. The van der Waals surface area contributed by atoms with Crippen LogP contribution in [0.15, 0.2) is 11.6 Å². The third kappa shape index (κ3) is 6.42. The maximum absolute atomic E-state index is 11.5. The molecule has 0 aliphatic heterocycles. The molecule has 1 atom stereocenters. The summed E-state index contributed by atoms with van der Waals surface area (Å²) in [7, 11) is 0. The SMILES string of the molecule is C[C@H](CC(=O)[O-])CC(=O)NCCC1=CCCCC1. The molecule has 0 aromatic carbocycles. The van der Waals surface area contributed by atoms with Crippen LogP contribution in [0.5, 0.6) is 0 Å². The van der Waals surface area contributed by atoms with Gasteiger partial charge in [-0.2, -0.15) is 0 Å². The molecule has 0 unspecified atom stereocenters. The minimum Gasteiger partial charge on any atom is -0.550 e. The summed E-state index contributed by atoms with van der Waals surface area (Å²) in [6.07, 6.45) is 8.22. The van der Waals surface area contributed by atoms with E-state index in [1.54, 1.807) is 6.92 Å². The fourth-order valence-electron chi connectivity index (χ4n) is 2.24. The van der Waals surface area contributed by atoms with Crippen LogP contribution in [0.25, 0.3) is 0 Å². The maximum atomic E-state index is 11.5. The molecule has 1 aliphatic rings. The molecule has 1 amide bonds. The Morgan fingerprint density at radius 1 is 1.39 bits per heavy atom. The number of hydrogen-bond donors (Lipinski definition) is 1. The average molecular weight is 252 g/mol. The molecule has 0 aromatic heterocycles. The van der Waals surface area contributed by atoms with Crippen LogP contribution in [-0.2, 0) is 9.59 Å². The number of carboxylic acids is 1. The molecule has 0 heterocycles. The van der Waals surface area contributed by atoms with Crippen molar-refractivity contribution in [3.63, 3.8) is 0 Å². The van der Waals surface area contributed by atoms with Gasteiger partial charge in [-0.05, 0) is 44.4 Å². The molecule has 1 aliphatic carbocycles. The van der Waals surface area contributed by atoms with E-state index in [0.717, 1.165) is 19.3 Å². The normalized spacial score (nSPS) is 16.8. The second-order valence-electron chi connectivity index (χ2n) is 5.09. The lowest BCUT2D eigenvalue weighted by atomic mass is 9.97. The summed E-state index contributed by atoms with van der Waals surface area (Å²) in [5.41, 5.74) is 1.43. The van der Waals surface area contributed by atoms with Crippen LogP contribution in [-0.4, -0.2) is 18.4 Å². The molecule has 0 saturated heterocycles. The van der Waals surface area contributed by atoms with Crippen LogP contribution >= 0.6 is 0 Å². The number of nitrogens with one attached hydrogen (secondary N) is 1. The molecule has 4 heteroatoms. The summed E-state index contributed by atoms with van der Waals surface area (Å²) in [5, 5.41) is 13.2. The summed E-state index contributed by atoms with van der Waals surface area (Å²) in [4.78, 5) is 21.9. The van der Waals surface area contributed by atoms with Crippen molar-refractivity contribution >= 4 is 11.9 Å². The zero-order chi connectivity index (χ0) is 13.4. The number of carbonyl (C=O) groups excluding carboxylic acids is 2. The lowest BCUT2D eigenvalue weighted by Gasteiger charge is -2.14. The number of hydrogen-bond acceptors (Lipinski definition) is 3. The van der Waals surface area contributed by atoms with Crippen molar-refractivity contribution in [2.75, 3.05) is 6.54 Å². The third-order valence-electron chi connectivity index (χ3n) is 3.20. The molecular formula is C14H22NO3-. The van der Waals surface area contributed by atoms with Crippen molar-refractivity contribution in [1.82, 2.24) is 5.32 Å². The zero-order valence-corrected chi connectivity index (χ0v) is 11.0. The molecule has 0 spiro atoms. The van der Waals surface area contributed by atoms with Gasteiger partial charge >= 0.3 is 0 Å². The Kier molecular flexibility index (Phi) is 6.47. The highest BCUT2D eigenvalue weighted by Gasteiger charge is 2.09. The van der Waals surface area contributed by atoms with Crippen molar-refractivity contribution in [3.8, 4) is 0 Å². The number of amides is 1. The van der Waals surface area contributed by atoms with E-state index in [1.807, 2.05) is 0 Å². The van der Waals surface area contributed by atoms with Gasteiger partial charge < -0.3 is 15.2 Å². The third-order valence-corrected chi connectivity index (χ3v) is 3.20. The minimum atomic E-state index is -1.09. The highest BCUT2D eigenvalue weighted by Crippen LogP contribution is 2.19. The van der Waals surface area contributed by atoms with Crippen LogP contribution in [0.2, 0.25) is 0 Å². The first-order chi connectivity index (χ1) is 8.58. The van der Waals surface area contributed by atoms with Crippen LogP contribution < -0.4 is 10.4 Å². The molecule has 1 rings (SSSR count). The van der Waals surface area contributed by atoms with Gasteiger partial charge in [-0.1, -0.05) is 18.6 Å². The smallest absolute Gasteiger partial charge is 0.220 e. The number of aliphatic carboxylic acids is 1. The Morgan fingerprint density at radius 2 is 2.17 bits per heavy atom. The topological polar surface area (TPSA) is 69.2 Å². The van der Waals surface area contributed by atoms with E-state index in [9.17, 15) is 14.7 Å². The van der Waals surface area contributed by atoms with E-state index in [2.05, 4.69) is 11.4 Å². The molecule has 0 radical (unpaired) electrons. The predicted molar refractivity (Wildman–Crippen MR) is 67.6 cm³/mol. The van der Waals surface area contributed by atoms with Gasteiger partial charge in [0.25, 0.3) is 0 Å². The molecule has 0 aromatic rings. The van der Waals surface area contributed by atoms with E-state index in [-0.39, 0.29) is 24.7 Å². The molecule has 102 valence electrons. The van der Waals surface area contributed by atoms with Crippen molar-refractivity contribution in [1.29, 1.82) is 0 Å². The van der Waals surface area contributed by atoms with E-state index >= 15 is 0 Å². The zero-order valence-electron chi connectivity index (χ0n) is 11.0. The average Bonchev–Trinajstić information content (AvgIpc) is 2.29. The van der Waals surface area contributed by atoms with Crippen molar-refractivity contribution in [2.45, 2.75) is 51.9 Å². The standard InChI is InChI=1S/C14H23NO3/c1-11(10-14(17)18)9-13(16)15-8-7-12-5-3-2-4-6-12/h5,11H,2-4,6-10H2,1H3,(H,15,16)(H,17,18)/p-1/t11-/m0/s1. The molecule has 0 saturated carbocycles. The molecule has 18 heavy (non-hydrogen) atoms. The number of rotatable bonds is 7. The van der Waals surface area contributed by atoms with Crippen LogP contribution in [0.3, 0.4) is 0 Å². The Bertz CT molecular complexity index is 323. The van der Waals surface area contributed by atoms with Gasteiger partial charge in [0, 0.05) is 18.9 Å². The Labute approximate surface area is 108 Å². The number of allylic oxidation sites excluding steroid dienone is 1. The van der Waals surface area contributed by atoms with Crippen LogP contribution in [0.1, 0.15) is 51.9 Å². The van der Waals surface area contributed by atoms with Crippen molar-refractivity contribution in [3.05, 3.63) is 11.6 Å². The first-order valence-corrected chi connectivity index (χ1v) is 6.72. The van der Waals surface area contributed by atoms with E-state index in [0.29, 0.717) is 6.54 Å². The lowest BCUT2D eigenvalue weighted by molar-refractivity contribution is -0.306. The fourth-order valence-corrected chi connectivity index (χ4v) is 2.24. The van der Waals surface area contributed by atoms with E-state index in [1.165, 1.54) is 18.4 Å². The molecule has 0 bridgehead atoms. The van der Waals surface area contributed by atoms with Gasteiger partial charge in [0.2, 0.25) is 5.91 Å². The van der Waals surface area contributed by atoms with Gasteiger partial charge in [-0.15, -0.1) is 0 Å². The maximum Gasteiger partial charge on any atom is 0.220 e. The minimum absolute atomic E-state index is 0.0570. The fraction of sp³-hybridized carbons (Fsp3) is 0.714. The Balaban J connectivity index is 2.13. The van der Waals surface area contributed by atoms with E-state index < -0.39 is 5.97 Å². The summed E-state index contributed by atoms with van der Waals surface area (Å²) in [6.45, 7) is 2.40. The van der Waals surface area contributed by atoms with Crippen molar-refractivity contribution < 1.29 is 14.7 Å². The van der Waals surface area contributed by atoms with E-state index in [4.69, 9.17) is 0 Å². The summed E-state index contributed by atoms with van der Waals surface area (Å²) >= 11 is 0. The van der Waals surface area contributed by atoms with Gasteiger partial charge in [-0.25, -0.2) is 0 Å². The van der Waals surface area contributed by atoms with Gasteiger partial charge in [0.15, 0.2) is 0 Å². The number of carbonyl (C=O) groups is 2. The number of carboxylic acid groups (broad SMARTS) is 1. The summed E-state index contributed by atoms with van der Waals surface area (Å²) < 4.78 is 0. The van der Waals surface area contributed by atoms with Crippen molar-refractivity contribution in [2.24, 2.45) is 5.92 Å². The second-order valence-corrected chi connectivity index (χ2v) is 5.09. The molecule has 1 N–H and O–H groups in total. The molecule has 4 nitrogen and oxygen atoms in total. The first-order valence-electron chi connectivity index (χ1n) is 6.72. The first kappa shape index (κ1) is 14.7. The monoisotopic (exact) mass is 252 g/mol. The highest BCUT2D eigenvalue weighted by molar-refractivity contribution is 5.76. The summed E-state index contributed by atoms with van der Waals surface area (Å²) in [5.74, 6) is -1.33. The van der Waals surface area contributed by atoms with Crippen LogP contribution in [0.4, 0.5) is 0 Å². The predicted octanol–water partition coefficient (Wildman–Crippen LogP) is 1.16. The lowest BCUT2D eigenvalue weighted by Crippen LogP contribution is -2.29. The van der Waals surface area contributed by atoms with Gasteiger partial charge in [0.05, 0.1) is 0 Å². The Hall–Kier alpha value is -1.32. The van der Waals surface area contributed by atoms with Gasteiger partial charge in [-0.3, -0.25) is 4.79 Å². The highest BCUT2D eigenvalue weighted by atomic mass is 16.4. The largest absolute Gasteiger partial charge is 0.550 e. The molecule has 0 fully saturated rings. The van der Waals surface area contributed by atoms with Gasteiger partial charge in [0.1, 0.15) is 0 Å². The quantitative estimate of drug-likeness (QED) is 0.691. The second kappa shape index (κ2) is 7.90.